The molecule has 0 aliphatic heterocycles. The number of sulfonamides is 1. The van der Waals surface area contributed by atoms with E-state index < -0.39 is 10.0 Å². The van der Waals surface area contributed by atoms with Crippen LogP contribution in [-0.2, 0) is 10.0 Å². The Hall–Kier alpha value is -2.33. The fraction of sp³-hybridized carbons (Fsp3) is 0.167. The predicted molar refractivity (Wildman–Crippen MR) is 69.8 cm³/mol. The molecule has 0 radical (unpaired) electrons. The van der Waals surface area contributed by atoms with Gasteiger partial charge in [-0.15, -0.1) is 0 Å². The van der Waals surface area contributed by atoms with E-state index >= 15 is 0 Å². The Bertz CT molecular complexity index is 660. The summed E-state index contributed by atoms with van der Waals surface area (Å²) >= 11 is 0. The van der Waals surface area contributed by atoms with Gasteiger partial charge < -0.3 is 0 Å². The van der Waals surface area contributed by atoms with Crippen molar-refractivity contribution in [2.45, 2.75) is 11.4 Å². The maximum Gasteiger partial charge on any atom is 0.281 e. The van der Waals surface area contributed by atoms with Crippen LogP contribution in [0.2, 0.25) is 0 Å². The van der Waals surface area contributed by atoms with Crippen molar-refractivity contribution in [3.8, 4) is 6.07 Å². The molecule has 6 nitrogen and oxygen atoms in total. The Morgan fingerprint density at radius 2 is 2.00 bits per heavy atom. The minimum atomic E-state index is -3.72. The summed E-state index contributed by atoms with van der Waals surface area (Å²) in [6.07, 6.45) is 1.49. The number of aromatic nitrogens is 2. The van der Waals surface area contributed by atoms with Crippen LogP contribution in [0.25, 0.3) is 0 Å². The minimum Gasteiger partial charge on any atom is -0.266 e. The molecule has 0 amide bonds. The molecule has 19 heavy (non-hydrogen) atoms. The maximum absolute atomic E-state index is 12.4. The lowest BCUT2D eigenvalue weighted by Crippen LogP contribution is -2.32. The molecule has 1 aromatic heterocycles. The summed E-state index contributed by atoms with van der Waals surface area (Å²) in [7, 11) is -3.72. The number of para-hydroxylation sites is 1. The van der Waals surface area contributed by atoms with E-state index in [4.69, 9.17) is 5.26 Å². The van der Waals surface area contributed by atoms with Gasteiger partial charge in [-0.2, -0.15) is 18.8 Å². The van der Waals surface area contributed by atoms with Crippen LogP contribution in [-0.4, -0.2) is 25.2 Å². The van der Waals surface area contributed by atoms with Crippen molar-refractivity contribution >= 4 is 15.7 Å². The standard InChI is InChI=1S/C12H12N4O2S/c13-8-4-10-16(11-5-2-1-3-6-11)19(17,18)12-7-9-14-15-12/h1-3,5-7,9H,4,10H2,(H,14,15). The van der Waals surface area contributed by atoms with Gasteiger partial charge in [-0.3, -0.25) is 9.40 Å². The van der Waals surface area contributed by atoms with Crippen LogP contribution >= 0.6 is 0 Å². The molecule has 1 aromatic carbocycles. The van der Waals surface area contributed by atoms with Gasteiger partial charge in [0.15, 0.2) is 5.03 Å². The molecule has 1 N–H and O–H groups in total. The SMILES string of the molecule is N#CCCN(c1ccccc1)S(=O)(=O)c1ccn[nH]1. The quantitative estimate of drug-likeness (QED) is 0.896. The predicted octanol–water partition coefficient (Wildman–Crippen LogP) is 1.52. The van der Waals surface area contributed by atoms with Crippen molar-refractivity contribution in [2.24, 2.45) is 0 Å². The van der Waals surface area contributed by atoms with Gasteiger partial charge in [0.2, 0.25) is 0 Å². The summed E-state index contributed by atoms with van der Waals surface area (Å²) in [5.74, 6) is 0. The molecule has 0 fully saturated rings. The van der Waals surface area contributed by atoms with Crippen LogP contribution < -0.4 is 4.31 Å². The highest BCUT2D eigenvalue weighted by Gasteiger charge is 2.25. The van der Waals surface area contributed by atoms with Gasteiger partial charge in [0.05, 0.1) is 24.4 Å². The molecule has 0 saturated heterocycles. The van der Waals surface area contributed by atoms with E-state index in [1.165, 1.54) is 16.6 Å². The number of aromatic amines is 1. The van der Waals surface area contributed by atoms with E-state index in [2.05, 4.69) is 10.2 Å². The second kappa shape index (κ2) is 5.54. The number of rotatable bonds is 5. The fourth-order valence-corrected chi connectivity index (χ4v) is 3.01. The largest absolute Gasteiger partial charge is 0.281 e. The van der Waals surface area contributed by atoms with Crippen LogP contribution in [0.15, 0.2) is 47.6 Å². The van der Waals surface area contributed by atoms with E-state index in [0.29, 0.717) is 5.69 Å². The first kappa shape index (κ1) is 13.1. The van der Waals surface area contributed by atoms with Gasteiger partial charge in [0, 0.05) is 6.54 Å². The average Bonchev–Trinajstić information content (AvgIpc) is 2.95. The van der Waals surface area contributed by atoms with E-state index in [1.54, 1.807) is 30.3 Å². The number of hydrogen-bond acceptors (Lipinski definition) is 4. The molecule has 2 aromatic rings. The molecule has 1 heterocycles. The number of nitrogens with one attached hydrogen (secondary N) is 1. The summed E-state index contributed by atoms with van der Waals surface area (Å²) in [5, 5.41) is 14.8. The fourth-order valence-electron chi connectivity index (χ4n) is 1.64. The van der Waals surface area contributed by atoms with Gasteiger partial charge >= 0.3 is 0 Å². The lowest BCUT2D eigenvalue weighted by molar-refractivity contribution is 0.587. The van der Waals surface area contributed by atoms with E-state index in [0.717, 1.165) is 0 Å². The first-order chi connectivity index (χ1) is 9.16. The number of anilines is 1. The molecule has 0 aliphatic rings. The average molecular weight is 276 g/mol. The lowest BCUT2D eigenvalue weighted by atomic mass is 10.3. The van der Waals surface area contributed by atoms with Crippen molar-refractivity contribution in [2.75, 3.05) is 10.8 Å². The van der Waals surface area contributed by atoms with Gasteiger partial charge in [-0.05, 0) is 18.2 Å². The van der Waals surface area contributed by atoms with Crippen LogP contribution in [0, 0.1) is 11.3 Å². The third-order valence-corrected chi connectivity index (χ3v) is 4.27. The van der Waals surface area contributed by atoms with Crippen molar-refractivity contribution < 1.29 is 8.42 Å². The maximum atomic E-state index is 12.4. The van der Waals surface area contributed by atoms with Crippen molar-refractivity contribution in [1.82, 2.24) is 10.2 Å². The van der Waals surface area contributed by atoms with Crippen LogP contribution in [0.1, 0.15) is 6.42 Å². The van der Waals surface area contributed by atoms with Gasteiger partial charge in [0.1, 0.15) is 0 Å². The molecular weight excluding hydrogens is 264 g/mol. The Labute approximate surface area is 111 Å². The van der Waals surface area contributed by atoms with Crippen molar-refractivity contribution in [1.29, 1.82) is 5.26 Å². The highest BCUT2D eigenvalue weighted by atomic mass is 32.2. The Morgan fingerprint density at radius 1 is 1.26 bits per heavy atom. The summed E-state index contributed by atoms with van der Waals surface area (Å²) < 4.78 is 26.1. The highest BCUT2D eigenvalue weighted by molar-refractivity contribution is 7.92. The van der Waals surface area contributed by atoms with Crippen LogP contribution in [0.3, 0.4) is 0 Å². The molecule has 0 bridgehead atoms. The van der Waals surface area contributed by atoms with Crippen molar-refractivity contribution in [3.05, 3.63) is 42.6 Å². The summed E-state index contributed by atoms with van der Waals surface area (Å²) in [6.45, 7) is 0.0991. The summed E-state index contributed by atoms with van der Waals surface area (Å²) in [4.78, 5) is 0. The zero-order chi connectivity index (χ0) is 13.7. The monoisotopic (exact) mass is 276 g/mol. The third kappa shape index (κ3) is 2.74. The minimum absolute atomic E-state index is 0.00860. The molecule has 0 aliphatic carbocycles. The second-order valence-corrected chi connectivity index (χ2v) is 5.57. The molecule has 0 saturated carbocycles. The number of hydrogen-bond donors (Lipinski definition) is 1. The van der Waals surface area contributed by atoms with Crippen LogP contribution in [0.4, 0.5) is 5.69 Å². The molecule has 2 rings (SSSR count). The topological polar surface area (TPSA) is 89.8 Å². The molecular formula is C12H12N4O2S. The number of nitriles is 1. The van der Waals surface area contributed by atoms with Gasteiger partial charge in [0.25, 0.3) is 10.0 Å². The lowest BCUT2D eigenvalue weighted by Gasteiger charge is -2.22. The number of nitrogens with zero attached hydrogens (tertiary/aromatic N) is 3. The summed E-state index contributed by atoms with van der Waals surface area (Å²) in [5.41, 5.74) is 0.521. The van der Waals surface area contributed by atoms with Crippen molar-refractivity contribution in [3.63, 3.8) is 0 Å². The Kier molecular flexibility index (Phi) is 3.82. The van der Waals surface area contributed by atoms with E-state index in [-0.39, 0.29) is 18.0 Å². The highest BCUT2D eigenvalue weighted by Crippen LogP contribution is 2.22. The van der Waals surface area contributed by atoms with E-state index in [9.17, 15) is 8.42 Å². The van der Waals surface area contributed by atoms with E-state index in [1.807, 2.05) is 6.07 Å². The molecule has 0 unspecified atom stereocenters. The van der Waals surface area contributed by atoms with Crippen LogP contribution in [0.5, 0.6) is 0 Å². The zero-order valence-electron chi connectivity index (χ0n) is 10.0. The number of benzene rings is 1. The first-order valence-corrected chi connectivity index (χ1v) is 7.04. The normalized spacial score (nSPS) is 10.9. The smallest absolute Gasteiger partial charge is 0.266 e. The summed E-state index contributed by atoms with van der Waals surface area (Å²) in [6, 6.07) is 12.0. The number of H-pyrrole nitrogens is 1. The Morgan fingerprint density at radius 3 is 2.58 bits per heavy atom. The molecule has 7 heteroatoms. The van der Waals surface area contributed by atoms with Gasteiger partial charge in [-0.25, -0.2) is 0 Å². The Balaban J connectivity index is 2.42. The molecule has 0 atom stereocenters. The van der Waals surface area contributed by atoms with Gasteiger partial charge in [-0.1, -0.05) is 18.2 Å². The molecule has 0 spiro atoms. The zero-order valence-corrected chi connectivity index (χ0v) is 10.8. The molecule has 98 valence electrons. The first-order valence-electron chi connectivity index (χ1n) is 5.60. The second-order valence-electron chi connectivity index (χ2n) is 3.74. The third-order valence-electron chi connectivity index (χ3n) is 2.51.